The Balaban J connectivity index is 1.80. The van der Waals surface area contributed by atoms with Crippen LogP contribution in [0.2, 0.25) is 10.0 Å². The first-order valence-electron chi connectivity index (χ1n) is 6.17. The summed E-state index contributed by atoms with van der Waals surface area (Å²) in [6.45, 7) is 2.66. The highest BCUT2D eigenvalue weighted by molar-refractivity contribution is 7.18. The van der Waals surface area contributed by atoms with E-state index in [-0.39, 0.29) is 0 Å². The number of aryl methyl sites for hydroxylation is 1. The van der Waals surface area contributed by atoms with E-state index in [1.807, 2.05) is 31.2 Å². The zero-order chi connectivity index (χ0) is 14.1. The molecule has 2 aromatic carbocycles. The van der Waals surface area contributed by atoms with Crippen LogP contribution >= 0.6 is 34.5 Å². The topological polar surface area (TPSA) is 24.9 Å². The minimum absolute atomic E-state index is 0.642. The molecule has 3 rings (SSSR count). The second-order valence-electron chi connectivity index (χ2n) is 4.50. The van der Waals surface area contributed by atoms with Crippen LogP contribution in [0.25, 0.3) is 10.2 Å². The van der Waals surface area contributed by atoms with Crippen molar-refractivity contribution < 1.29 is 0 Å². The van der Waals surface area contributed by atoms with Crippen LogP contribution < -0.4 is 5.32 Å². The summed E-state index contributed by atoms with van der Waals surface area (Å²) in [5.74, 6) is 0. The summed E-state index contributed by atoms with van der Waals surface area (Å²) in [7, 11) is 0. The van der Waals surface area contributed by atoms with Crippen molar-refractivity contribution in [3.8, 4) is 0 Å². The monoisotopic (exact) mass is 322 g/mol. The van der Waals surface area contributed by atoms with Crippen LogP contribution in [0.1, 0.15) is 10.6 Å². The molecule has 2 nitrogen and oxygen atoms in total. The van der Waals surface area contributed by atoms with Gasteiger partial charge in [-0.1, -0.05) is 23.2 Å². The second-order valence-corrected chi connectivity index (χ2v) is 6.58. The number of halogens is 2. The van der Waals surface area contributed by atoms with Gasteiger partial charge in [-0.15, -0.1) is 11.3 Å². The quantitative estimate of drug-likeness (QED) is 0.686. The molecular formula is C15H12Cl2N2S. The van der Waals surface area contributed by atoms with Crippen molar-refractivity contribution >= 4 is 50.4 Å². The highest BCUT2D eigenvalue weighted by atomic mass is 35.5. The summed E-state index contributed by atoms with van der Waals surface area (Å²) in [5, 5.41) is 5.86. The van der Waals surface area contributed by atoms with Crippen LogP contribution in [0.15, 0.2) is 36.4 Å². The van der Waals surface area contributed by atoms with E-state index in [1.165, 1.54) is 4.70 Å². The summed E-state index contributed by atoms with van der Waals surface area (Å²) in [4.78, 5) is 4.45. The molecule has 0 unspecified atom stereocenters. The van der Waals surface area contributed by atoms with Crippen molar-refractivity contribution in [1.29, 1.82) is 0 Å². The molecule has 0 aliphatic heterocycles. The van der Waals surface area contributed by atoms with Crippen molar-refractivity contribution in [3.05, 3.63) is 57.0 Å². The molecule has 1 N–H and O–H groups in total. The predicted octanol–water partition coefficient (Wildman–Crippen LogP) is 5.52. The number of benzene rings is 2. The zero-order valence-electron chi connectivity index (χ0n) is 10.8. The van der Waals surface area contributed by atoms with E-state index in [0.717, 1.165) is 26.8 Å². The summed E-state index contributed by atoms with van der Waals surface area (Å²) in [6, 6.07) is 11.7. The number of thiazole rings is 1. The van der Waals surface area contributed by atoms with E-state index in [4.69, 9.17) is 23.2 Å². The van der Waals surface area contributed by atoms with Gasteiger partial charge in [0, 0.05) is 22.3 Å². The number of hydrogen-bond acceptors (Lipinski definition) is 3. The lowest BCUT2D eigenvalue weighted by Gasteiger charge is -2.08. The van der Waals surface area contributed by atoms with Gasteiger partial charge in [0.1, 0.15) is 0 Å². The van der Waals surface area contributed by atoms with Gasteiger partial charge in [0.2, 0.25) is 0 Å². The molecule has 1 aromatic heterocycles. The minimum atomic E-state index is 0.642. The predicted molar refractivity (Wildman–Crippen MR) is 88.1 cm³/mol. The van der Waals surface area contributed by atoms with Crippen LogP contribution in [0.4, 0.5) is 5.69 Å². The van der Waals surface area contributed by atoms with Gasteiger partial charge in [0.05, 0.1) is 15.2 Å². The molecule has 0 amide bonds. The fourth-order valence-electron chi connectivity index (χ4n) is 2.03. The number of aromatic nitrogens is 1. The van der Waals surface area contributed by atoms with Crippen LogP contribution in [-0.2, 0) is 6.54 Å². The first-order chi connectivity index (χ1) is 9.61. The molecule has 1 heterocycles. The Morgan fingerprint density at radius 2 is 2.00 bits per heavy atom. The molecule has 0 atom stereocenters. The van der Waals surface area contributed by atoms with Crippen LogP contribution in [0.5, 0.6) is 0 Å². The molecule has 3 aromatic rings. The Hall–Kier alpha value is -1.29. The molecule has 0 aliphatic carbocycles. The summed E-state index contributed by atoms with van der Waals surface area (Å²) < 4.78 is 1.18. The number of fused-ring (bicyclic) bond motifs is 1. The number of nitrogens with one attached hydrogen (secondary N) is 1. The standard InChI is InChI=1S/C15H12Cl2N2S/c1-9-19-14-5-3-12(7-15(14)20-9)18-8-10-6-11(16)2-4-13(10)17/h2-7,18H,8H2,1H3. The number of nitrogens with zero attached hydrogens (tertiary/aromatic N) is 1. The van der Waals surface area contributed by atoms with Gasteiger partial charge in [-0.05, 0) is 48.9 Å². The fourth-order valence-corrected chi connectivity index (χ4v) is 3.27. The summed E-state index contributed by atoms with van der Waals surface area (Å²) >= 11 is 13.8. The van der Waals surface area contributed by atoms with E-state index in [9.17, 15) is 0 Å². The lowest BCUT2D eigenvalue weighted by molar-refractivity contribution is 1.15. The highest BCUT2D eigenvalue weighted by Gasteiger charge is 2.04. The number of rotatable bonds is 3. The lowest BCUT2D eigenvalue weighted by Crippen LogP contribution is -1.99. The molecule has 20 heavy (non-hydrogen) atoms. The SMILES string of the molecule is Cc1nc2ccc(NCc3cc(Cl)ccc3Cl)cc2s1. The molecule has 5 heteroatoms. The van der Waals surface area contributed by atoms with Crippen molar-refractivity contribution in [2.75, 3.05) is 5.32 Å². The summed E-state index contributed by atoms with van der Waals surface area (Å²) in [5.41, 5.74) is 3.08. The van der Waals surface area contributed by atoms with Crippen molar-refractivity contribution in [2.24, 2.45) is 0 Å². The van der Waals surface area contributed by atoms with Gasteiger partial charge in [-0.3, -0.25) is 0 Å². The maximum atomic E-state index is 6.15. The molecule has 0 bridgehead atoms. The average molecular weight is 323 g/mol. The fraction of sp³-hybridized carbons (Fsp3) is 0.133. The molecule has 102 valence electrons. The second kappa shape index (κ2) is 5.60. The third-order valence-corrected chi connectivity index (χ3v) is 4.52. The lowest BCUT2D eigenvalue weighted by atomic mass is 10.2. The molecule has 0 saturated carbocycles. The molecule has 0 radical (unpaired) electrons. The molecule has 0 fully saturated rings. The highest BCUT2D eigenvalue weighted by Crippen LogP contribution is 2.26. The van der Waals surface area contributed by atoms with Gasteiger partial charge in [0.15, 0.2) is 0 Å². The smallest absolute Gasteiger partial charge is 0.0907 e. The van der Waals surface area contributed by atoms with E-state index in [0.29, 0.717) is 11.6 Å². The van der Waals surface area contributed by atoms with Crippen molar-refractivity contribution in [1.82, 2.24) is 4.98 Å². The van der Waals surface area contributed by atoms with E-state index >= 15 is 0 Å². The van der Waals surface area contributed by atoms with Gasteiger partial charge in [-0.25, -0.2) is 4.98 Å². The minimum Gasteiger partial charge on any atom is -0.381 e. The first kappa shape index (κ1) is 13.7. The van der Waals surface area contributed by atoms with Gasteiger partial charge in [0.25, 0.3) is 0 Å². The van der Waals surface area contributed by atoms with Crippen LogP contribution in [-0.4, -0.2) is 4.98 Å². The maximum absolute atomic E-state index is 6.15. The van der Waals surface area contributed by atoms with E-state index in [1.54, 1.807) is 17.4 Å². The Kier molecular flexibility index (Phi) is 3.83. The van der Waals surface area contributed by atoms with Crippen molar-refractivity contribution in [3.63, 3.8) is 0 Å². The third-order valence-electron chi connectivity index (χ3n) is 2.99. The maximum Gasteiger partial charge on any atom is 0.0907 e. The Bertz CT molecular complexity index is 768. The zero-order valence-corrected chi connectivity index (χ0v) is 13.1. The first-order valence-corrected chi connectivity index (χ1v) is 7.74. The largest absolute Gasteiger partial charge is 0.381 e. The average Bonchev–Trinajstić information content (AvgIpc) is 2.79. The molecule has 0 spiro atoms. The summed E-state index contributed by atoms with van der Waals surface area (Å²) in [6.07, 6.45) is 0. The number of hydrogen-bond donors (Lipinski definition) is 1. The third kappa shape index (κ3) is 2.90. The van der Waals surface area contributed by atoms with Crippen molar-refractivity contribution in [2.45, 2.75) is 13.5 Å². The molecule has 0 aliphatic rings. The normalized spacial score (nSPS) is 10.9. The Morgan fingerprint density at radius 1 is 1.15 bits per heavy atom. The van der Waals surface area contributed by atoms with Gasteiger partial charge >= 0.3 is 0 Å². The molecule has 0 saturated heterocycles. The molecular weight excluding hydrogens is 311 g/mol. The van der Waals surface area contributed by atoms with Crippen LogP contribution in [0.3, 0.4) is 0 Å². The Labute approximate surface area is 131 Å². The van der Waals surface area contributed by atoms with E-state index < -0.39 is 0 Å². The van der Waals surface area contributed by atoms with Gasteiger partial charge < -0.3 is 5.32 Å². The number of anilines is 1. The van der Waals surface area contributed by atoms with Gasteiger partial charge in [-0.2, -0.15) is 0 Å². The van der Waals surface area contributed by atoms with Crippen LogP contribution in [0, 0.1) is 6.92 Å². The Morgan fingerprint density at radius 3 is 2.85 bits per heavy atom. The van der Waals surface area contributed by atoms with E-state index in [2.05, 4.69) is 16.4 Å².